The number of carbonyl (C=O) groups excluding carboxylic acids is 1. The van der Waals surface area contributed by atoms with Gasteiger partial charge in [0, 0.05) is 32.3 Å². The van der Waals surface area contributed by atoms with Gasteiger partial charge in [0.1, 0.15) is 11.8 Å². The maximum absolute atomic E-state index is 13.7. The van der Waals surface area contributed by atoms with E-state index >= 15 is 0 Å². The smallest absolute Gasteiger partial charge is 0.324 e. The standard InChI is InChI=1S/C24H32N6O3/c1-28(2)24(19-9-6-5-7-10-19)11-8-13-30(23(31)29(14-12-24)15-16-32-3)20-18-26-21(17-25)27-22(20)33-4/h5-7,9-10,18H,8,11-16H2,1-4H3/t24-/m0/s1. The summed E-state index contributed by atoms with van der Waals surface area (Å²) >= 11 is 0. The number of urea groups is 1. The number of hydrogen-bond donors (Lipinski definition) is 0. The number of anilines is 1. The topological polar surface area (TPSA) is 94.8 Å². The molecule has 0 saturated carbocycles. The molecule has 2 aromatic rings. The van der Waals surface area contributed by atoms with Crippen LogP contribution in [-0.4, -0.2) is 80.4 Å². The first-order valence-electron chi connectivity index (χ1n) is 11.1. The Morgan fingerprint density at radius 2 is 1.94 bits per heavy atom. The Balaban J connectivity index is 2.02. The monoisotopic (exact) mass is 452 g/mol. The highest BCUT2D eigenvalue weighted by atomic mass is 16.5. The van der Waals surface area contributed by atoms with Crippen LogP contribution in [0.3, 0.4) is 0 Å². The van der Waals surface area contributed by atoms with Crippen molar-refractivity contribution in [1.29, 1.82) is 5.26 Å². The van der Waals surface area contributed by atoms with Crippen molar-refractivity contribution in [2.75, 3.05) is 59.5 Å². The van der Waals surface area contributed by atoms with Gasteiger partial charge in [0.05, 0.1) is 19.9 Å². The van der Waals surface area contributed by atoms with E-state index in [2.05, 4.69) is 53.2 Å². The van der Waals surface area contributed by atoms with Crippen LogP contribution in [-0.2, 0) is 10.3 Å². The summed E-state index contributed by atoms with van der Waals surface area (Å²) in [6.07, 6.45) is 3.91. The molecule has 1 aromatic heterocycles. The second kappa shape index (κ2) is 11.1. The van der Waals surface area contributed by atoms with Crippen LogP contribution in [0.5, 0.6) is 5.88 Å². The van der Waals surface area contributed by atoms with Crippen LogP contribution in [0.25, 0.3) is 0 Å². The molecule has 0 radical (unpaired) electrons. The molecule has 1 aliphatic heterocycles. The first kappa shape index (κ1) is 24.4. The summed E-state index contributed by atoms with van der Waals surface area (Å²) < 4.78 is 10.7. The summed E-state index contributed by atoms with van der Waals surface area (Å²) in [5.74, 6) is 0.210. The van der Waals surface area contributed by atoms with Crippen molar-refractivity contribution in [3.05, 3.63) is 47.9 Å². The van der Waals surface area contributed by atoms with Gasteiger partial charge in [-0.15, -0.1) is 0 Å². The minimum absolute atomic E-state index is 0.000688. The molecule has 33 heavy (non-hydrogen) atoms. The predicted molar refractivity (Wildman–Crippen MR) is 125 cm³/mol. The molecular weight excluding hydrogens is 420 g/mol. The van der Waals surface area contributed by atoms with Crippen LogP contribution in [0.4, 0.5) is 10.5 Å². The van der Waals surface area contributed by atoms with Crippen molar-refractivity contribution in [3.63, 3.8) is 0 Å². The van der Waals surface area contributed by atoms with Crippen LogP contribution < -0.4 is 9.64 Å². The number of carbonyl (C=O) groups is 1. The third kappa shape index (κ3) is 5.24. The lowest BCUT2D eigenvalue weighted by atomic mass is 9.81. The van der Waals surface area contributed by atoms with E-state index in [1.165, 1.54) is 18.9 Å². The Labute approximate surface area is 195 Å². The number of benzene rings is 1. The molecule has 9 heteroatoms. The average molecular weight is 453 g/mol. The number of nitrogens with zero attached hydrogens (tertiary/aromatic N) is 6. The molecule has 1 aliphatic rings. The summed E-state index contributed by atoms with van der Waals surface area (Å²) in [4.78, 5) is 27.7. The average Bonchev–Trinajstić information content (AvgIpc) is 2.91. The lowest BCUT2D eigenvalue weighted by Crippen LogP contribution is -2.47. The molecule has 1 aromatic carbocycles. The SMILES string of the molecule is COCCN1CC[C@@](c2ccccc2)(N(C)C)CCCN(c2cnc(C#N)nc2OC)C1=O. The molecule has 0 bridgehead atoms. The predicted octanol–water partition coefficient (Wildman–Crippen LogP) is 2.87. The third-order valence-corrected chi connectivity index (χ3v) is 6.32. The molecule has 3 rings (SSSR count). The van der Waals surface area contributed by atoms with Gasteiger partial charge in [-0.1, -0.05) is 30.3 Å². The third-order valence-electron chi connectivity index (χ3n) is 6.32. The normalized spacial score (nSPS) is 19.6. The zero-order valence-corrected chi connectivity index (χ0v) is 19.8. The van der Waals surface area contributed by atoms with Crippen molar-refractivity contribution in [3.8, 4) is 11.9 Å². The molecule has 176 valence electrons. The zero-order valence-electron chi connectivity index (χ0n) is 19.8. The summed E-state index contributed by atoms with van der Waals surface area (Å²) in [6, 6.07) is 12.2. The molecule has 2 heterocycles. The van der Waals surface area contributed by atoms with Crippen LogP contribution in [0.15, 0.2) is 36.5 Å². The Morgan fingerprint density at radius 3 is 2.58 bits per heavy atom. The summed E-state index contributed by atoms with van der Waals surface area (Å²) in [5, 5.41) is 9.15. The Morgan fingerprint density at radius 1 is 1.18 bits per heavy atom. The largest absolute Gasteiger partial charge is 0.479 e. The molecule has 9 nitrogen and oxygen atoms in total. The van der Waals surface area contributed by atoms with Gasteiger partial charge in [-0.2, -0.15) is 10.2 Å². The lowest BCUT2D eigenvalue weighted by Gasteiger charge is -2.41. The quantitative estimate of drug-likeness (QED) is 0.637. The number of hydrogen-bond acceptors (Lipinski definition) is 7. The van der Waals surface area contributed by atoms with Gasteiger partial charge in [-0.25, -0.2) is 9.78 Å². The van der Waals surface area contributed by atoms with Gasteiger partial charge < -0.3 is 14.4 Å². The van der Waals surface area contributed by atoms with Crippen molar-refractivity contribution in [2.45, 2.75) is 24.8 Å². The van der Waals surface area contributed by atoms with Gasteiger partial charge >= 0.3 is 6.03 Å². The van der Waals surface area contributed by atoms with E-state index in [1.807, 2.05) is 17.0 Å². The van der Waals surface area contributed by atoms with Crippen molar-refractivity contribution < 1.29 is 14.3 Å². The van der Waals surface area contributed by atoms with Gasteiger partial charge in [-0.05, 0) is 38.9 Å². The van der Waals surface area contributed by atoms with Crippen LogP contribution in [0.2, 0.25) is 0 Å². The molecule has 1 saturated heterocycles. The van der Waals surface area contributed by atoms with Crippen molar-refractivity contribution in [1.82, 2.24) is 19.8 Å². The van der Waals surface area contributed by atoms with E-state index < -0.39 is 0 Å². The van der Waals surface area contributed by atoms with E-state index in [1.54, 1.807) is 12.0 Å². The van der Waals surface area contributed by atoms with Crippen molar-refractivity contribution >= 4 is 11.7 Å². The minimum Gasteiger partial charge on any atom is -0.479 e. The van der Waals surface area contributed by atoms with Gasteiger partial charge in [0.25, 0.3) is 0 Å². The van der Waals surface area contributed by atoms with Gasteiger partial charge in [0.15, 0.2) is 0 Å². The van der Waals surface area contributed by atoms with E-state index in [0.717, 1.165) is 19.3 Å². The van der Waals surface area contributed by atoms with Gasteiger partial charge in [-0.3, -0.25) is 9.80 Å². The summed E-state index contributed by atoms with van der Waals surface area (Å²) in [7, 11) is 7.30. The first-order valence-corrected chi connectivity index (χ1v) is 11.1. The Bertz CT molecular complexity index is 978. The molecule has 1 fully saturated rings. The highest BCUT2D eigenvalue weighted by molar-refractivity contribution is 5.93. The van der Waals surface area contributed by atoms with E-state index in [0.29, 0.717) is 31.9 Å². The number of methoxy groups -OCH3 is 2. The van der Waals surface area contributed by atoms with E-state index in [-0.39, 0.29) is 23.3 Å². The molecule has 1 atom stereocenters. The zero-order chi connectivity index (χ0) is 23.8. The molecular formula is C24H32N6O3. The number of aromatic nitrogens is 2. The maximum Gasteiger partial charge on any atom is 0.324 e. The second-order valence-electron chi connectivity index (χ2n) is 8.26. The van der Waals surface area contributed by atoms with Crippen LogP contribution in [0, 0.1) is 11.3 Å². The Kier molecular flexibility index (Phi) is 8.20. The van der Waals surface area contributed by atoms with Gasteiger partial charge in [0.2, 0.25) is 11.7 Å². The molecule has 0 N–H and O–H groups in total. The lowest BCUT2D eigenvalue weighted by molar-refractivity contribution is 0.104. The number of ether oxygens (including phenoxy) is 2. The van der Waals surface area contributed by atoms with Crippen molar-refractivity contribution in [2.24, 2.45) is 0 Å². The fourth-order valence-electron chi connectivity index (χ4n) is 4.46. The number of amides is 2. The molecule has 0 aliphatic carbocycles. The van der Waals surface area contributed by atoms with Crippen LogP contribution >= 0.6 is 0 Å². The highest BCUT2D eigenvalue weighted by Crippen LogP contribution is 2.37. The van der Waals surface area contributed by atoms with E-state index in [4.69, 9.17) is 14.7 Å². The minimum atomic E-state index is -0.214. The summed E-state index contributed by atoms with van der Waals surface area (Å²) in [6.45, 7) is 1.92. The second-order valence-corrected chi connectivity index (χ2v) is 8.26. The fourth-order valence-corrected chi connectivity index (χ4v) is 4.46. The first-order chi connectivity index (χ1) is 16.0. The van der Waals surface area contributed by atoms with E-state index in [9.17, 15) is 4.79 Å². The molecule has 0 spiro atoms. The number of nitriles is 1. The summed E-state index contributed by atoms with van der Waals surface area (Å²) in [5.41, 5.74) is 1.48. The molecule has 2 amide bonds. The molecule has 0 unspecified atom stereocenters. The fraction of sp³-hybridized carbons (Fsp3) is 0.500. The van der Waals surface area contributed by atoms with Crippen LogP contribution in [0.1, 0.15) is 30.7 Å². The Hall–Kier alpha value is -3.22. The highest BCUT2D eigenvalue weighted by Gasteiger charge is 2.38. The number of rotatable bonds is 7. The maximum atomic E-state index is 13.7.